The number of ether oxygens (including phenoxy) is 1. The lowest BCUT2D eigenvalue weighted by Gasteiger charge is -2.32. The lowest BCUT2D eigenvalue weighted by molar-refractivity contribution is 0.193. The zero-order valence-corrected chi connectivity index (χ0v) is 8.61. The molecule has 4 nitrogen and oxygen atoms in total. The van der Waals surface area contributed by atoms with Crippen LogP contribution in [-0.2, 0) is 4.74 Å². The average molecular weight is 185 g/mol. The summed E-state index contributed by atoms with van der Waals surface area (Å²) in [4.78, 5) is 0. The summed E-state index contributed by atoms with van der Waals surface area (Å²) in [6.07, 6.45) is 2.70. The molecular weight excluding hydrogens is 166 g/mol. The van der Waals surface area contributed by atoms with Gasteiger partial charge in [0.25, 0.3) is 0 Å². The Morgan fingerprint density at radius 2 is 2.00 bits per heavy atom. The van der Waals surface area contributed by atoms with Crippen LogP contribution in [0.3, 0.4) is 0 Å². The number of hydrogen-bond acceptors (Lipinski definition) is 4. The zero-order valence-electron chi connectivity index (χ0n) is 8.61. The highest BCUT2D eigenvalue weighted by Gasteiger charge is 2.48. The summed E-state index contributed by atoms with van der Waals surface area (Å²) in [5.74, 6) is 0. The highest BCUT2D eigenvalue weighted by Crippen LogP contribution is 2.31. The van der Waals surface area contributed by atoms with Crippen molar-refractivity contribution in [3.8, 4) is 0 Å². The van der Waals surface area contributed by atoms with Crippen molar-refractivity contribution in [3.05, 3.63) is 12.7 Å². The van der Waals surface area contributed by atoms with Gasteiger partial charge in [-0.1, -0.05) is 12.7 Å². The molecule has 1 heterocycles. The second kappa shape index (κ2) is 3.75. The predicted octanol–water partition coefficient (Wildman–Crippen LogP) is -0.356. The van der Waals surface area contributed by atoms with E-state index in [-0.39, 0.29) is 11.4 Å². The minimum atomic E-state index is -0.250. The van der Waals surface area contributed by atoms with Crippen LogP contribution in [0.1, 0.15) is 6.42 Å². The van der Waals surface area contributed by atoms with Gasteiger partial charge in [-0.25, -0.2) is 0 Å². The quantitative estimate of drug-likeness (QED) is 0.300. The Balaban J connectivity index is 2.61. The maximum absolute atomic E-state index is 5.37. The molecule has 0 aliphatic carbocycles. The third kappa shape index (κ3) is 2.08. The molecule has 1 fully saturated rings. The van der Waals surface area contributed by atoms with E-state index in [1.807, 2.05) is 27.2 Å². The van der Waals surface area contributed by atoms with Gasteiger partial charge in [0, 0.05) is 6.42 Å². The first-order valence-corrected chi connectivity index (χ1v) is 4.50. The van der Waals surface area contributed by atoms with E-state index in [1.165, 1.54) is 0 Å². The third-order valence-electron chi connectivity index (χ3n) is 2.75. The van der Waals surface area contributed by atoms with Crippen LogP contribution in [0.15, 0.2) is 12.7 Å². The molecule has 0 spiro atoms. The van der Waals surface area contributed by atoms with Gasteiger partial charge in [0.05, 0.1) is 12.3 Å². The minimum Gasteiger partial charge on any atom is -0.354 e. The number of hydrogen-bond donors (Lipinski definition) is 3. The van der Waals surface area contributed by atoms with Gasteiger partial charge in [-0.05, 0) is 21.1 Å². The molecule has 3 N–H and O–H groups in total. The SMILES string of the molecule is C=CC(CC1(NC)CO1)(NC)NC. The number of likely N-dealkylation sites (N-methyl/N-ethyl adjacent to an activating group) is 3. The summed E-state index contributed by atoms with van der Waals surface area (Å²) in [5.41, 5.74) is -0.417. The summed E-state index contributed by atoms with van der Waals surface area (Å²) < 4.78 is 5.37. The van der Waals surface area contributed by atoms with Crippen molar-refractivity contribution in [2.45, 2.75) is 17.8 Å². The van der Waals surface area contributed by atoms with Crippen LogP contribution in [0.25, 0.3) is 0 Å². The predicted molar refractivity (Wildman–Crippen MR) is 53.4 cm³/mol. The number of nitrogens with one attached hydrogen (secondary N) is 3. The number of epoxide rings is 1. The molecule has 1 rings (SSSR count). The van der Waals surface area contributed by atoms with Crippen LogP contribution in [0.4, 0.5) is 0 Å². The summed E-state index contributed by atoms with van der Waals surface area (Å²) in [5, 5.41) is 9.55. The van der Waals surface area contributed by atoms with Crippen molar-refractivity contribution in [1.29, 1.82) is 0 Å². The van der Waals surface area contributed by atoms with Gasteiger partial charge in [0.15, 0.2) is 0 Å². The fraction of sp³-hybridized carbons (Fsp3) is 0.778. The molecule has 0 amide bonds. The molecule has 1 unspecified atom stereocenters. The van der Waals surface area contributed by atoms with Gasteiger partial charge < -0.3 is 4.74 Å². The molecule has 1 aliphatic heterocycles. The van der Waals surface area contributed by atoms with Crippen LogP contribution >= 0.6 is 0 Å². The molecule has 13 heavy (non-hydrogen) atoms. The molecule has 0 saturated carbocycles. The standard InChI is InChI=1S/C9H19N3O/c1-5-8(10-2,11-3)6-9(12-4)7-13-9/h5,10-12H,1,6-7H2,2-4H3. The molecule has 4 heteroatoms. The van der Waals surface area contributed by atoms with Crippen molar-refractivity contribution < 1.29 is 4.74 Å². The molecule has 0 aromatic rings. The monoisotopic (exact) mass is 185 g/mol. The van der Waals surface area contributed by atoms with Gasteiger partial charge in [-0.2, -0.15) is 0 Å². The lowest BCUT2D eigenvalue weighted by atomic mass is 10.0. The molecule has 1 aliphatic rings. The van der Waals surface area contributed by atoms with E-state index in [9.17, 15) is 0 Å². The molecule has 0 radical (unpaired) electrons. The van der Waals surface area contributed by atoms with Crippen LogP contribution < -0.4 is 16.0 Å². The van der Waals surface area contributed by atoms with E-state index in [0.717, 1.165) is 13.0 Å². The first kappa shape index (κ1) is 10.7. The van der Waals surface area contributed by atoms with Gasteiger partial charge in [0.2, 0.25) is 0 Å². The highest BCUT2D eigenvalue weighted by atomic mass is 16.6. The van der Waals surface area contributed by atoms with Crippen molar-refractivity contribution >= 4 is 0 Å². The first-order valence-electron chi connectivity index (χ1n) is 4.50. The third-order valence-corrected chi connectivity index (χ3v) is 2.75. The molecule has 0 aromatic carbocycles. The van der Waals surface area contributed by atoms with E-state index in [1.54, 1.807) is 0 Å². The topological polar surface area (TPSA) is 48.6 Å². The first-order chi connectivity index (χ1) is 6.16. The van der Waals surface area contributed by atoms with Gasteiger partial charge >= 0.3 is 0 Å². The van der Waals surface area contributed by atoms with Gasteiger partial charge in [-0.3, -0.25) is 16.0 Å². The fourth-order valence-electron chi connectivity index (χ4n) is 1.45. The maximum atomic E-state index is 5.37. The van der Waals surface area contributed by atoms with E-state index in [0.29, 0.717) is 0 Å². The second-order valence-electron chi connectivity index (χ2n) is 3.39. The van der Waals surface area contributed by atoms with Gasteiger partial charge in [-0.15, -0.1) is 0 Å². The minimum absolute atomic E-state index is 0.166. The van der Waals surface area contributed by atoms with Crippen LogP contribution in [-0.4, -0.2) is 39.1 Å². The summed E-state index contributed by atoms with van der Waals surface area (Å²) in [6.45, 7) is 4.58. The highest BCUT2D eigenvalue weighted by molar-refractivity contribution is 5.06. The summed E-state index contributed by atoms with van der Waals surface area (Å²) in [6, 6.07) is 0. The molecule has 1 saturated heterocycles. The Morgan fingerprint density at radius 1 is 1.46 bits per heavy atom. The lowest BCUT2D eigenvalue weighted by Crippen LogP contribution is -2.56. The van der Waals surface area contributed by atoms with E-state index in [4.69, 9.17) is 4.74 Å². The molecular formula is C9H19N3O. The Bertz CT molecular complexity index is 185. The van der Waals surface area contributed by atoms with Crippen LogP contribution in [0.2, 0.25) is 0 Å². The van der Waals surface area contributed by atoms with Crippen LogP contribution in [0, 0.1) is 0 Å². The molecule has 1 atom stereocenters. The molecule has 0 aromatic heterocycles. The van der Waals surface area contributed by atoms with Crippen molar-refractivity contribution in [3.63, 3.8) is 0 Å². The van der Waals surface area contributed by atoms with Crippen LogP contribution in [0.5, 0.6) is 0 Å². The normalized spacial score (nSPS) is 27.3. The average Bonchev–Trinajstić information content (AvgIpc) is 2.95. The number of rotatable bonds is 6. The zero-order chi connectivity index (χ0) is 9.95. The maximum Gasteiger partial charge on any atom is 0.146 e. The largest absolute Gasteiger partial charge is 0.354 e. The smallest absolute Gasteiger partial charge is 0.146 e. The Morgan fingerprint density at radius 3 is 2.23 bits per heavy atom. The van der Waals surface area contributed by atoms with E-state index in [2.05, 4.69) is 22.5 Å². The van der Waals surface area contributed by atoms with Crippen molar-refractivity contribution in [2.75, 3.05) is 27.7 Å². The van der Waals surface area contributed by atoms with E-state index >= 15 is 0 Å². The van der Waals surface area contributed by atoms with Crippen molar-refractivity contribution in [2.24, 2.45) is 0 Å². The Labute approximate surface area is 79.7 Å². The van der Waals surface area contributed by atoms with E-state index < -0.39 is 0 Å². The molecule has 76 valence electrons. The summed E-state index contributed by atoms with van der Waals surface area (Å²) in [7, 11) is 5.72. The Kier molecular flexibility index (Phi) is 3.08. The fourth-order valence-corrected chi connectivity index (χ4v) is 1.45. The second-order valence-corrected chi connectivity index (χ2v) is 3.39. The van der Waals surface area contributed by atoms with Crippen molar-refractivity contribution in [1.82, 2.24) is 16.0 Å². The van der Waals surface area contributed by atoms with Gasteiger partial charge in [0.1, 0.15) is 5.72 Å². The summed E-state index contributed by atoms with van der Waals surface area (Å²) >= 11 is 0. The molecule has 0 bridgehead atoms. The Hall–Kier alpha value is -0.420.